The quantitative estimate of drug-likeness (QED) is 0.589. The number of carbonyl (C=O) groups is 1. The molecule has 1 fully saturated rings. The zero-order valence-corrected chi connectivity index (χ0v) is 14.7. The zero-order chi connectivity index (χ0) is 17.9. The van der Waals surface area contributed by atoms with Crippen LogP contribution in [0.4, 0.5) is 0 Å². The number of hydrogen-bond acceptors (Lipinski definition) is 5. The summed E-state index contributed by atoms with van der Waals surface area (Å²) in [6.45, 7) is 0.602. The van der Waals surface area contributed by atoms with E-state index in [4.69, 9.17) is 4.42 Å². The Morgan fingerprint density at radius 3 is 3.00 bits per heavy atom. The van der Waals surface area contributed by atoms with Crippen LogP contribution in [0.15, 0.2) is 47.0 Å². The van der Waals surface area contributed by atoms with Gasteiger partial charge in [0.25, 0.3) is 0 Å². The SMILES string of the molecule is Cn1cccc1C1CC(C(=O)NCCCc2nc3ccccc3o2)NN1. The van der Waals surface area contributed by atoms with E-state index in [1.165, 1.54) is 5.69 Å². The van der Waals surface area contributed by atoms with Crippen molar-refractivity contribution < 1.29 is 9.21 Å². The van der Waals surface area contributed by atoms with Gasteiger partial charge in [0.1, 0.15) is 11.6 Å². The fraction of sp³-hybridized carbons (Fsp3) is 0.368. The molecule has 3 heterocycles. The maximum Gasteiger partial charge on any atom is 0.238 e. The van der Waals surface area contributed by atoms with Crippen molar-refractivity contribution in [1.29, 1.82) is 0 Å². The topological polar surface area (TPSA) is 84.1 Å². The van der Waals surface area contributed by atoms with Gasteiger partial charge in [-0.2, -0.15) is 0 Å². The Morgan fingerprint density at radius 1 is 1.31 bits per heavy atom. The number of hydrazine groups is 1. The van der Waals surface area contributed by atoms with Crippen molar-refractivity contribution in [2.24, 2.45) is 7.05 Å². The largest absolute Gasteiger partial charge is 0.441 e. The summed E-state index contributed by atoms with van der Waals surface area (Å²) < 4.78 is 7.76. The summed E-state index contributed by atoms with van der Waals surface area (Å²) in [7, 11) is 2.01. The lowest BCUT2D eigenvalue weighted by Crippen LogP contribution is -2.43. The molecule has 3 aromatic rings. The number of aryl methyl sites for hydroxylation is 2. The normalized spacial score (nSPS) is 19.9. The number of nitrogens with zero attached hydrogens (tertiary/aromatic N) is 2. The van der Waals surface area contributed by atoms with Gasteiger partial charge in [0.15, 0.2) is 11.5 Å². The second-order valence-electron chi connectivity index (χ2n) is 6.64. The molecular formula is C19H23N5O2. The van der Waals surface area contributed by atoms with Gasteiger partial charge < -0.3 is 14.3 Å². The van der Waals surface area contributed by atoms with E-state index in [9.17, 15) is 4.79 Å². The Bertz CT molecular complexity index is 867. The van der Waals surface area contributed by atoms with Gasteiger partial charge in [0.2, 0.25) is 5.91 Å². The minimum atomic E-state index is -0.223. The van der Waals surface area contributed by atoms with Gasteiger partial charge in [-0.1, -0.05) is 12.1 Å². The number of aromatic nitrogens is 2. The van der Waals surface area contributed by atoms with Crippen LogP contribution in [-0.4, -0.2) is 28.0 Å². The first kappa shape index (κ1) is 16.8. The van der Waals surface area contributed by atoms with Crippen molar-refractivity contribution in [3.63, 3.8) is 0 Å². The van der Waals surface area contributed by atoms with Crippen LogP contribution >= 0.6 is 0 Å². The minimum Gasteiger partial charge on any atom is -0.441 e. The highest BCUT2D eigenvalue weighted by Crippen LogP contribution is 2.22. The molecule has 0 aliphatic carbocycles. The van der Waals surface area contributed by atoms with Crippen LogP contribution < -0.4 is 16.2 Å². The molecule has 4 rings (SSSR count). The molecule has 0 bridgehead atoms. The van der Waals surface area contributed by atoms with Crippen LogP contribution in [0, 0.1) is 0 Å². The van der Waals surface area contributed by atoms with E-state index in [0.29, 0.717) is 18.9 Å². The second-order valence-corrected chi connectivity index (χ2v) is 6.64. The lowest BCUT2D eigenvalue weighted by molar-refractivity contribution is -0.122. The predicted molar refractivity (Wildman–Crippen MR) is 98.2 cm³/mol. The summed E-state index contributed by atoms with van der Waals surface area (Å²) in [5.74, 6) is 0.733. The molecule has 1 amide bonds. The van der Waals surface area contributed by atoms with Crippen LogP contribution in [0.5, 0.6) is 0 Å². The molecule has 2 atom stereocenters. The predicted octanol–water partition coefficient (Wildman–Crippen LogP) is 1.82. The van der Waals surface area contributed by atoms with Crippen molar-refractivity contribution >= 4 is 17.0 Å². The highest BCUT2D eigenvalue weighted by molar-refractivity contribution is 5.82. The number of benzene rings is 1. The molecule has 1 aromatic carbocycles. The molecule has 1 aliphatic rings. The maximum atomic E-state index is 12.3. The number of oxazole rings is 1. The molecule has 1 saturated heterocycles. The fourth-order valence-corrected chi connectivity index (χ4v) is 3.36. The lowest BCUT2D eigenvalue weighted by Gasteiger charge is -2.11. The fourth-order valence-electron chi connectivity index (χ4n) is 3.36. The monoisotopic (exact) mass is 353 g/mol. The molecule has 0 saturated carbocycles. The van der Waals surface area contributed by atoms with Crippen molar-refractivity contribution in [3.05, 3.63) is 54.2 Å². The van der Waals surface area contributed by atoms with Gasteiger partial charge in [0, 0.05) is 31.9 Å². The van der Waals surface area contributed by atoms with E-state index in [-0.39, 0.29) is 18.0 Å². The molecule has 7 nitrogen and oxygen atoms in total. The van der Waals surface area contributed by atoms with Crippen LogP contribution in [-0.2, 0) is 18.3 Å². The van der Waals surface area contributed by atoms with E-state index >= 15 is 0 Å². The summed E-state index contributed by atoms with van der Waals surface area (Å²) in [4.78, 5) is 16.8. The highest BCUT2D eigenvalue weighted by Gasteiger charge is 2.30. The third-order valence-corrected chi connectivity index (χ3v) is 4.77. The van der Waals surface area contributed by atoms with E-state index in [2.05, 4.69) is 31.8 Å². The van der Waals surface area contributed by atoms with Crippen molar-refractivity contribution in [2.75, 3.05) is 6.54 Å². The summed E-state index contributed by atoms with van der Waals surface area (Å²) in [5, 5.41) is 2.99. The average molecular weight is 353 g/mol. The third kappa shape index (κ3) is 3.49. The summed E-state index contributed by atoms with van der Waals surface area (Å²) in [6.07, 6.45) is 4.24. The zero-order valence-electron chi connectivity index (χ0n) is 14.7. The third-order valence-electron chi connectivity index (χ3n) is 4.77. The Kier molecular flexibility index (Phi) is 4.73. The van der Waals surface area contributed by atoms with Crippen molar-refractivity contribution in [2.45, 2.75) is 31.3 Å². The van der Waals surface area contributed by atoms with E-state index in [1.807, 2.05) is 43.6 Å². The molecule has 2 aromatic heterocycles. The highest BCUT2D eigenvalue weighted by atomic mass is 16.3. The van der Waals surface area contributed by atoms with E-state index in [0.717, 1.165) is 23.9 Å². The van der Waals surface area contributed by atoms with Gasteiger partial charge in [0.05, 0.1) is 6.04 Å². The summed E-state index contributed by atoms with van der Waals surface area (Å²) >= 11 is 0. The van der Waals surface area contributed by atoms with E-state index in [1.54, 1.807) is 0 Å². The molecule has 26 heavy (non-hydrogen) atoms. The van der Waals surface area contributed by atoms with Gasteiger partial charge in [-0.05, 0) is 37.1 Å². The first-order chi connectivity index (χ1) is 12.7. The second kappa shape index (κ2) is 7.31. The van der Waals surface area contributed by atoms with E-state index < -0.39 is 0 Å². The summed E-state index contributed by atoms with van der Waals surface area (Å²) in [6, 6.07) is 11.7. The number of carbonyl (C=O) groups excluding carboxylic acids is 1. The Labute approximate surface area is 151 Å². The van der Waals surface area contributed by atoms with Gasteiger partial charge in [-0.15, -0.1) is 0 Å². The smallest absolute Gasteiger partial charge is 0.238 e. The Balaban J connectivity index is 1.22. The Hall–Kier alpha value is -2.64. The molecule has 136 valence electrons. The molecular weight excluding hydrogens is 330 g/mol. The van der Waals surface area contributed by atoms with Gasteiger partial charge in [-0.3, -0.25) is 4.79 Å². The number of fused-ring (bicyclic) bond motifs is 1. The van der Waals surface area contributed by atoms with Crippen molar-refractivity contribution in [1.82, 2.24) is 25.7 Å². The molecule has 2 unspecified atom stereocenters. The lowest BCUT2D eigenvalue weighted by atomic mass is 10.1. The summed E-state index contributed by atoms with van der Waals surface area (Å²) in [5.41, 5.74) is 9.15. The van der Waals surface area contributed by atoms with Crippen LogP contribution in [0.3, 0.4) is 0 Å². The molecule has 1 aliphatic heterocycles. The number of para-hydroxylation sites is 2. The first-order valence-corrected chi connectivity index (χ1v) is 8.95. The van der Waals surface area contributed by atoms with Crippen LogP contribution in [0.1, 0.15) is 30.5 Å². The molecule has 3 N–H and O–H groups in total. The number of amides is 1. The molecule has 0 radical (unpaired) electrons. The number of nitrogens with one attached hydrogen (secondary N) is 3. The first-order valence-electron chi connectivity index (χ1n) is 8.95. The van der Waals surface area contributed by atoms with Crippen LogP contribution in [0.2, 0.25) is 0 Å². The van der Waals surface area contributed by atoms with Gasteiger partial charge in [-0.25, -0.2) is 15.8 Å². The minimum absolute atomic E-state index is 0.0202. The molecule has 0 spiro atoms. The number of rotatable bonds is 6. The maximum absolute atomic E-state index is 12.3. The average Bonchev–Trinajstić information content (AvgIpc) is 3.36. The standard InChI is InChI=1S/C19H23N5O2/c1-24-11-5-7-16(24)14-12-15(23-22-14)19(25)20-10-4-9-18-21-13-6-2-3-8-17(13)26-18/h2-3,5-8,11,14-15,22-23H,4,9-10,12H2,1H3,(H,20,25). The van der Waals surface area contributed by atoms with Crippen LogP contribution in [0.25, 0.3) is 11.1 Å². The van der Waals surface area contributed by atoms with Crippen molar-refractivity contribution in [3.8, 4) is 0 Å². The Morgan fingerprint density at radius 2 is 2.19 bits per heavy atom. The van der Waals surface area contributed by atoms with Gasteiger partial charge >= 0.3 is 0 Å². The number of hydrogen-bond donors (Lipinski definition) is 3. The molecule has 7 heteroatoms.